The van der Waals surface area contributed by atoms with Crippen LogP contribution in [0.4, 0.5) is 0 Å². The van der Waals surface area contributed by atoms with Gasteiger partial charge in [0, 0.05) is 26.2 Å². The number of rotatable bonds is 5. The molecular formula is C11H21N3O4S2. The van der Waals surface area contributed by atoms with E-state index >= 15 is 0 Å². The summed E-state index contributed by atoms with van der Waals surface area (Å²) >= 11 is 5.03. The average molecular weight is 323 g/mol. The van der Waals surface area contributed by atoms with Gasteiger partial charge in [0.2, 0.25) is 10.0 Å². The van der Waals surface area contributed by atoms with Crippen LogP contribution in [0.2, 0.25) is 0 Å². The number of carbonyl (C=O) groups excluding carboxylic acids is 1. The highest BCUT2D eigenvalue weighted by Crippen LogP contribution is 2.18. The van der Waals surface area contributed by atoms with Crippen LogP contribution in [0.15, 0.2) is 0 Å². The molecule has 1 heterocycles. The number of thiocarbonyl (C=S) groups is 1. The summed E-state index contributed by atoms with van der Waals surface area (Å²) in [7, 11) is -2.45. The van der Waals surface area contributed by atoms with Crippen LogP contribution >= 0.6 is 12.2 Å². The van der Waals surface area contributed by atoms with E-state index in [4.69, 9.17) is 18.0 Å². The third-order valence-corrected chi connectivity index (χ3v) is 5.81. The maximum absolute atomic E-state index is 12.0. The van der Waals surface area contributed by atoms with Crippen LogP contribution < -0.4 is 5.73 Å². The standard InChI is InChI=1S/C11H21N3O4S2/c1-11(2,10(12)19)13-4-6-14(7-5-13)20(16,17)8-9(15)18-3/h4-8H2,1-3H3,(H2,12,19). The Morgan fingerprint density at radius 2 is 1.80 bits per heavy atom. The van der Waals surface area contributed by atoms with Gasteiger partial charge in [0.25, 0.3) is 0 Å². The van der Waals surface area contributed by atoms with E-state index in [-0.39, 0.29) is 0 Å². The van der Waals surface area contributed by atoms with E-state index in [9.17, 15) is 13.2 Å². The zero-order valence-corrected chi connectivity index (χ0v) is 13.6. The Kier molecular flexibility index (Phi) is 5.47. The van der Waals surface area contributed by atoms with Gasteiger partial charge >= 0.3 is 5.97 Å². The Morgan fingerprint density at radius 1 is 1.30 bits per heavy atom. The van der Waals surface area contributed by atoms with Crippen molar-refractivity contribution >= 4 is 33.2 Å². The zero-order valence-electron chi connectivity index (χ0n) is 12.0. The lowest BCUT2D eigenvalue weighted by atomic mass is 10.0. The Bertz CT molecular complexity index is 482. The topological polar surface area (TPSA) is 92.9 Å². The minimum absolute atomic E-state index is 0.311. The lowest BCUT2D eigenvalue weighted by Crippen LogP contribution is -2.60. The largest absolute Gasteiger partial charge is 0.468 e. The molecule has 0 atom stereocenters. The molecule has 0 spiro atoms. The number of esters is 1. The first-order chi connectivity index (χ1) is 9.11. The number of methoxy groups -OCH3 is 1. The normalized spacial score (nSPS) is 18.8. The van der Waals surface area contributed by atoms with Crippen molar-refractivity contribution in [3.63, 3.8) is 0 Å². The third-order valence-electron chi connectivity index (χ3n) is 3.55. The third kappa shape index (κ3) is 3.87. The van der Waals surface area contributed by atoms with E-state index in [1.807, 2.05) is 18.7 Å². The molecule has 1 aliphatic heterocycles. The summed E-state index contributed by atoms with van der Waals surface area (Å²) in [5, 5.41) is 0. The molecule has 1 fully saturated rings. The predicted molar refractivity (Wildman–Crippen MR) is 79.8 cm³/mol. The lowest BCUT2D eigenvalue weighted by molar-refractivity contribution is -0.137. The number of ether oxygens (including phenoxy) is 1. The van der Waals surface area contributed by atoms with Crippen LogP contribution in [0.3, 0.4) is 0 Å². The van der Waals surface area contributed by atoms with Gasteiger partial charge in [0.1, 0.15) is 0 Å². The van der Waals surface area contributed by atoms with Crippen LogP contribution in [0.25, 0.3) is 0 Å². The quantitative estimate of drug-likeness (QED) is 0.521. The molecule has 116 valence electrons. The first-order valence-electron chi connectivity index (χ1n) is 6.21. The van der Waals surface area contributed by atoms with Gasteiger partial charge in [-0.2, -0.15) is 4.31 Å². The number of nitrogens with zero attached hydrogens (tertiary/aromatic N) is 2. The van der Waals surface area contributed by atoms with Crippen LogP contribution in [0, 0.1) is 0 Å². The monoisotopic (exact) mass is 323 g/mol. The summed E-state index contributed by atoms with van der Waals surface area (Å²) in [5.41, 5.74) is 5.25. The molecule has 0 aromatic rings. The Balaban J connectivity index is 2.67. The summed E-state index contributed by atoms with van der Waals surface area (Å²) in [6, 6.07) is 0. The molecule has 2 N–H and O–H groups in total. The second-order valence-corrected chi connectivity index (χ2v) is 7.55. The maximum Gasteiger partial charge on any atom is 0.322 e. The summed E-state index contributed by atoms with van der Waals surface area (Å²) < 4.78 is 29.7. The van der Waals surface area contributed by atoms with Crippen LogP contribution in [0.5, 0.6) is 0 Å². The molecular weight excluding hydrogens is 302 g/mol. The fourth-order valence-corrected chi connectivity index (χ4v) is 3.43. The summed E-state index contributed by atoms with van der Waals surface area (Å²) in [5.74, 6) is -1.38. The minimum Gasteiger partial charge on any atom is -0.468 e. The summed E-state index contributed by atoms with van der Waals surface area (Å²) in [4.78, 5) is 13.5. The number of nitrogens with two attached hydrogens (primary N) is 1. The molecule has 0 radical (unpaired) electrons. The molecule has 1 saturated heterocycles. The van der Waals surface area contributed by atoms with Gasteiger partial charge in [-0.1, -0.05) is 12.2 Å². The van der Waals surface area contributed by atoms with Crippen molar-refractivity contribution in [2.75, 3.05) is 39.0 Å². The maximum atomic E-state index is 12.0. The second-order valence-electron chi connectivity index (χ2n) is 5.14. The molecule has 9 heteroatoms. The summed E-state index contributed by atoms with van der Waals surface area (Å²) in [6.07, 6.45) is 0. The number of hydrogen-bond donors (Lipinski definition) is 1. The van der Waals surface area contributed by atoms with E-state index in [1.165, 1.54) is 11.4 Å². The second kappa shape index (κ2) is 6.33. The molecule has 0 aliphatic carbocycles. The Hall–Kier alpha value is -0.770. The van der Waals surface area contributed by atoms with Crippen LogP contribution in [-0.2, 0) is 19.6 Å². The van der Waals surface area contributed by atoms with E-state index in [0.29, 0.717) is 31.2 Å². The van der Waals surface area contributed by atoms with E-state index in [0.717, 1.165) is 0 Å². The fourth-order valence-electron chi connectivity index (χ4n) is 1.98. The zero-order chi connectivity index (χ0) is 15.6. The number of carbonyl (C=O) groups is 1. The molecule has 1 aliphatic rings. The number of sulfonamides is 1. The first kappa shape index (κ1) is 17.3. The molecule has 0 saturated carbocycles. The first-order valence-corrected chi connectivity index (χ1v) is 8.22. The number of piperazine rings is 1. The Morgan fingerprint density at radius 3 is 2.20 bits per heavy atom. The van der Waals surface area contributed by atoms with Crippen molar-refractivity contribution in [1.29, 1.82) is 0 Å². The average Bonchev–Trinajstić information content (AvgIpc) is 2.38. The molecule has 1 rings (SSSR count). The van der Waals surface area contributed by atoms with Crippen LogP contribution in [-0.4, -0.2) is 73.2 Å². The van der Waals surface area contributed by atoms with Gasteiger partial charge in [0.05, 0.1) is 17.6 Å². The smallest absolute Gasteiger partial charge is 0.322 e. The van der Waals surface area contributed by atoms with Crippen molar-refractivity contribution in [2.45, 2.75) is 19.4 Å². The van der Waals surface area contributed by atoms with Gasteiger partial charge < -0.3 is 10.5 Å². The lowest BCUT2D eigenvalue weighted by Gasteiger charge is -2.42. The van der Waals surface area contributed by atoms with Crippen LogP contribution in [0.1, 0.15) is 13.8 Å². The number of hydrogen-bond acceptors (Lipinski definition) is 6. The molecule has 0 amide bonds. The highest BCUT2D eigenvalue weighted by molar-refractivity contribution is 7.89. The van der Waals surface area contributed by atoms with Gasteiger partial charge in [-0.15, -0.1) is 0 Å². The molecule has 0 aromatic carbocycles. The van der Waals surface area contributed by atoms with Crippen molar-refractivity contribution < 1.29 is 17.9 Å². The van der Waals surface area contributed by atoms with Crippen molar-refractivity contribution in [2.24, 2.45) is 5.73 Å². The highest BCUT2D eigenvalue weighted by atomic mass is 32.2. The van der Waals surface area contributed by atoms with E-state index in [2.05, 4.69) is 4.74 Å². The minimum atomic E-state index is -3.62. The van der Waals surface area contributed by atoms with Gasteiger partial charge in [-0.05, 0) is 13.8 Å². The molecule has 0 unspecified atom stereocenters. The van der Waals surface area contributed by atoms with Crippen molar-refractivity contribution in [3.8, 4) is 0 Å². The molecule has 7 nitrogen and oxygen atoms in total. The molecule has 0 bridgehead atoms. The fraction of sp³-hybridized carbons (Fsp3) is 0.818. The molecule has 20 heavy (non-hydrogen) atoms. The predicted octanol–water partition coefficient (Wildman–Crippen LogP) is -0.828. The molecule has 0 aromatic heterocycles. The Labute approximate surface area is 125 Å². The van der Waals surface area contributed by atoms with E-state index < -0.39 is 27.3 Å². The highest BCUT2D eigenvalue weighted by Gasteiger charge is 2.35. The van der Waals surface area contributed by atoms with Gasteiger partial charge in [-0.25, -0.2) is 8.42 Å². The van der Waals surface area contributed by atoms with Crippen molar-refractivity contribution in [1.82, 2.24) is 9.21 Å². The van der Waals surface area contributed by atoms with E-state index in [1.54, 1.807) is 0 Å². The SMILES string of the molecule is COC(=O)CS(=O)(=O)N1CCN(C(C)(C)C(N)=S)CC1. The van der Waals surface area contributed by atoms with Gasteiger partial charge in [-0.3, -0.25) is 9.69 Å². The van der Waals surface area contributed by atoms with Crippen molar-refractivity contribution in [3.05, 3.63) is 0 Å². The van der Waals surface area contributed by atoms with Gasteiger partial charge in [0.15, 0.2) is 5.75 Å². The summed E-state index contributed by atoms with van der Waals surface area (Å²) in [6.45, 7) is 5.48.